The van der Waals surface area contributed by atoms with Crippen LogP contribution in [0.15, 0.2) is 84.9 Å². The third kappa shape index (κ3) is 6.47. The number of hydrogen-bond acceptors (Lipinski definition) is 3. The van der Waals surface area contributed by atoms with Crippen LogP contribution in [0.3, 0.4) is 0 Å². The van der Waals surface area contributed by atoms with Crippen LogP contribution in [0.1, 0.15) is 36.0 Å². The lowest BCUT2D eigenvalue weighted by Gasteiger charge is -2.41. The van der Waals surface area contributed by atoms with Crippen molar-refractivity contribution in [2.75, 3.05) is 19.6 Å². The number of amides is 2. The molecule has 2 amide bonds. The zero-order valence-electron chi connectivity index (χ0n) is 19.8. The molecule has 1 heterocycles. The van der Waals surface area contributed by atoms with Gasteiger partial charge in [-0.3, -0.25) is 4.79 Å². The number of benzene rings is 3. The van der Waals surface area contributed by atoms with Crippen molar-refractivity contribution in [3.05, 3.63) is 107 Å². The van der Waals surface area contributed by atoms with Crippen LogP contribution in [0, 0.1) is 5.82 Å². The second-order valence-corrected chi connectivity index (χ2v) is 9.04. The third-order valence-corrected chi connectivity index (χ3v) is 6.74. The van der Waals surface area contributed by atoms with Gasteiger partial charge in [0.1, 0.15) is 12.4 Å². The quantitative estimate of drug-likeness (QED) is 0.485. The van der Waals surface area contributed by atoms with Crippen molar-refractivity contribution in [1.82, 2.24) is 10.2 Å². The Balaban J connectivity index is 1.35. The van der Waals surface area contributed by atoms with Crippen molar-refractivity contribution in [3.8, 4) is 0 Å². The van der Waals surface area contributed by atoms with Gasteiger partial charge in [-0.25, -0.2) is 9.18 Å². The molecule has 182 valence electrons. The Kier molecular flexibility index (Phi) is 8.14. The number of nitrogens with one attached hydrogen (secondary N) is 1. The minimum atomic E-state index is -0.362. The molecule has 1 fully saturated rings. The van der Waals surface area contributed by atoms with Gasteiger partial charge in [-0.2, -0.15) is 0 Å². The molecule has 0 radical (unpaired) electrons. The smallest absolute Gasteiger partial charge is 0.410 e. The van der Waals surface area contributed by atoms with Gasteiger partial charge in [0.05, 0.1) is 0 Å². The van der Waals surface area contributed by atoms with E-state index in [-0.39, 0.29) is 29.8 Å². The van der Waals surface area contributed by atoms with E-state index in [1.165, 1.54) is 6.07 Å². The van der Waals surface area contributed by atoms with E-state index in [1.54, 1.807) is 23.1 Å². The lowest BCUT2D eigenvalue weighted by atomic mass is 9.70. The van der Waals surface area contributed by atoms with Gasteiger partial charge in [-0.1, -0.05) is 78.9 Å². The zero-order chi connectivity index (χ0) is 24.5. The maximum Gasteiger partial charge on any atom is 0.410 e. The van der Waals surface area contributed by atoms with Gasteiger partial charge in [0, 0.05) is 31.5 Å². The fourth-order valence-corrected chi connectivity index (χ4v) is 4.69. The highest BCUT2D eigenvalue weighted by Crippen LogP contribution is 2.39. The van der Waals surface area contributed by atoms with Crippen LogP contribution in [-0.2, 0) is 28.0 Å². The molecule has 1 aliphatic heterocycles. The fraction of sp³-hybridized carbons (Fsp3) is 0.310. The molecule has 0 bridgehead atoms. The van der Waals surface area contributed by atoms with Crippen LogP contribution in [0.25, 0.3) is 0 Å². The number of likely N-dealkylation sites (tertiary alicyclic amines) is 1. The summed E-state index contributed by atoms with van der Waals surface area (Å²) in [5.74, 6) is -0.320. The first-order chi connectivity index (χ1) is 17.1. The minimum Gasteiger partial charge on any atom is -0.445 e. The van der Waals surface area contributed by atoms with Crippen LogP contribution in [0.2, 0.25) is 0 Å². The maximum absolute atomic E-state index is 13.9. The summed E-state index contributed by atoms with van der Waals surface area (Å²) in [6.07, 6.45) is 1.76. The maximum atomic E-state index is 13.9. The standard InChI is InChI=1S/C29H31FN2O3/c30-26-14-8-7-11-24(26)15-18-31-27(33)21-29(25-12-5-2-6-13-25)16-19-32(20-17-29)28(34)35-22-23-9-3-1-4-10-23/h1-14H,15-22H2,(H,31,33). The predicted molar refractivity (Wildman–Crippen MR) is 133 cm³/mol. The number of ether oxygens (including phenoxy) is 1. The van der Waals surface area contributed by atoms with E-state index in [1.807, 2.05) is 48.5 Å². The summed E-state index contributed by atoms with van der Waals surface area (Å²) in [6, 6.07) is 26.3. The van der Waals surface area contributed by atoms with Gasteiger partial charge >= 0.3 is 6.09 Å². The highest BCUT2D eigenvalue weighted by Gasteiger charge is 2.39. The molecule has 0 aliphatic carbocycles. The lowest BCUT2D eigenvalue weighted by Crippen LogP contribution is -2.47. The van der Waals surface area contributed by atoms with Crippen LogP contribution < -0.4 is 5.32 Å². The van der Waals surface area contributed by atoms with Gasteiger partial charge in [0.2, 0.25) is 5.91 Å². The number of nitrogens with zero attached hydrogens (tertiary/aromatic N) is 1. The number of carbonyl (C=O) groups excluding carboxylic acids is 2. The van der Waals surface area contributed by atoms with Crippen LogP contribution in [0.4, 0.5) is 9.18 Å². The first-order valence-electron chi connectivity index (χ1n) is 12.1. The Hall–Kier alpha value is -3.67. The van der Waals surface area contributed by atoms with Crippen molar-refractivity contribution >= 4 is 12.0 Å². The van der Waals surface area contributed by atoms with Gasteiger partial charge in [0.15, 0.2) is 0 Å². The summed E-state index contributed by atoms with van der Waals surface area (Å²) >= 11 is 0. The average Bonchev–Trinajstić information content (AvgIpc) is 2.90. The molecule has 0 aromatic heterocycles. The van der Waals surface area contributed by atoms with Gasteiger partial charge in [-0.05, 0) is 42.0 Å². The first kappa shape index (κ1) is 24.5. The second-order valence-electron chi connectivity index (χ2n) is 9.04. The molecule has 3 aromatic carbocycles. The summed E-state index contributed by atoms with van der Waals surface area (Å²) in [5, 5.41) is 2.96. The number of hydrogen-bond donors (Lipinski definition) is 1. The van der Waals surface area contributed by atoms with Crippen molar-refractivity contribution in [2.45, 2.75) is 37.7 Å². The molecular formula is C29H31FN2O3. The third-order valence-electron chi connectivity index (χ3n) is 6.74. The predicted octanol–water partition coefficient (Wildman–Crippen LogP) is 5.25. The molecule has 0 saturated carbocycles. The number of halogens is 1. The van der Waals surface area contributed by atoms with Crippen LogP contribution in [0.5, 0.6) is 0 Å². The van der Waals surface area contributed by atoms with E-state index < -0.39 is 0 Å². The molecule has 4 rings (SSSR count). The summed E-state index contributed by atoms with van der Waals surface area (Å²) in [4.78, 5) is 27.3. The molecular weight excluding hydrogens is 443 g/mol. The van der Waals surface area contributed by atoms with E-state index in [2.05, 4.69) is 17.4 Å². The summed E-state index contributed by atoms with van der Waals surface area (Å²) in [6.45, 7) is 1.66. The Morgan fingerprint density at radius 3 is 2.20 bits per heavy atom. The van der Waals surface area contributed by atoms with E-state index in [9.17, 15) is 14.0 Å². The van der Waals surface area contributed by atoms with E-state index in [4.69, 9.17) is 4.74 Å². The van der Waals surface area contributed by atoms with Gasteiger partial charge in [0.25, 0.3) is 0 Å². The first-order valence-corrected chi connectivity index (χ1v) is 12.1. The highest BCUT2D eigenvalue weighted by molar-refractivity contribution is 5.78. The molecule has 35 heavy (non-hydrogen) atoms. The SMILES string of the molecule is O=C(CC1(c2ccccc2)CCN(C(=O)OCc2ccccc2)CC1)NCCc1ccccc1F. The normalized spacial score (nSPS) is 14.8. The molecule has 6 heteroatoms. The lowest BCUT2D eigenvalue weighted by molar-refractivity contribution is -0.122. The summed E-state index contributed by atoms with van der Waals surface area (Å²) < 4.78 is 19.4. The Morgan fingerprint density at radius 2 is 1.51 bits per heavy atom. The highest BCUT2D eigenvalue weighted by atomic mass is 19.1. The zero-order valence-corrected chi connectivity index (χ0v) is 19.8. The summed E-state index contributed by atoms with van der Waals surface area (Å²) in [5.41, 5.74) is 2.28. The average molecular weight is 475 g/mol. The number of carbonyl (C=O) groups is 2. The minimum absolute atomic E-state index is 0.0645. The molecule has 1 saturated heterocycles. The summed E-state index contributed by atoms with van der Waals surface area (Å²) in [7, 11) is 0. The van der Waals surface area contributed by atoms with Crippen LogP contribution in [-0.4, -0.2) is 36.5 Å². The second kappa shape index (κ2) is 11.6. The van der Waals surface area contributed by atoms with E-state index >= 15 is 0 Å². The van der Waals surface area contributed by atoms with Crippen molar-refractivity contribution < 1.29 is 18.7 Å². The van der Waals surface area contributed by atoms with Gasteiger partial charge < -0.3 is 15.0 Å². The number of rotatable bonds is 8. The molecule has 3 aromatic rings. The number of piperidine rings is 1. The Bertz CT molecular complexity index is 1110. The Labute approximate surface area is 205 Å². The van der Waals surface area contributed by atoms with Crippen LogP contribution >= 0.6 is 0 Å². The van der Waals surface area contributed by atoms with Crippen molar-refractivity contribution in [2.24, 2.45) is 0 Å². The van der Waals surface area contributed by atoms with E-state index in [0.717, 1.165) is 11.1 Å². The molecule has 0 unspecified atom stereocenters. The molecule has 1 aliphatic rings. The molecule has 1 N–H and O–H groups in total. The fourth-order valence-electron chi connectivity index (χ4n) is 4.69. The monoisotopic (exact) mass is 474 g/mol. The molecule has 0 spiro atoms. The van der Waals surface area contributed by atoms with Crippen molar-refractivity contribution in [1.29, 1.82) is 0 Å². The van der Waals surface area contributed by atoms with Gasteiger partial charge in [-0.15, -0.1) is 0 Å². The topological polar surface area (TPSA) is 58.6 Å². The van der Waals surface area contributed by atoms with Crippen molar-refractivity contribution in [3.63, 3.8) is 0 Å². The van der Waals surface area contributed by atoms with E-state index in [0.29, 0.717) is 50.9 Å². The molecule has 5 nitrogen and oxygen atoms in total. The largest absolute Gasteiger partial charge is 0.445 e. The Morgan fingerprint density at radius 1 is 0.886 bits per heavy atom. The molecule has 0 atom stereocenters.